The number of amides is 1. The molecule has 0 saturated carbocycles. The van der Waals surface area contributed by atoms with Crippen LogP contribution in [0.2, 0.25) is 0 Å². The summed E-state index contributed by atoms with van der Waals surface area (Å²) < 4.78 is 28.7. The van der Waals surface area contributed by atoms with E-state index in [1.165, 1.54) is 23.5 Å². The zero-order valence-corrected chi connectivity index (χ0v) is 21.5. The molecule has 0 bridgehead atoms. The number of aromatic nitrogens is 2. The predicted octanol–water partition coefficient (Wildman–Crippen LogP) is 5.24. The molecule has 3 aromatic rings. The van der Waals surface area contributed by atoms with Crippen LogP contribution in [0.15, 0.2) is 63.8 Å². The minimum atomic E-state index is -3.95. The quantitative estimate of drug-likeness (QED) is 0.300. The first kappa shape index (κ1) is 25.2. The number of sulfonamides is 1. The molecule has 0 unspecified atom stereocenters. The lowest BCUT2D eigenvalue weighted by atomic mass is 10.0. The van der Waals surface area contributed by atoms with Gasteiger partial charge < -0.3 is 0 Å². The molecule has 10 heteroatoms. The van der Waals surface area contributed by atoms with E-state index in [0.29, 0.717) is 22.7 Å². The van der Waals surface area contributed by atoms with E-state index < -0.39 is 15.9 Å². The summed E-state index contributed by atoms with van der Waals surface area (Å²) in [7, 11) is -3.95. The van der Waals surface area contributed by atoms with Crippen LogP contribution in [-0.2, 0) is 14.8 Å². The second-order valence-electron chi connectivity index (χ2n) is 8.20. The third-order valence-corrected chi connectivity index (χ3v) is 8.85. The molecule has 7 nitrogen and oxygen atoms in total. The molecule has 0 aliphatic rings. The maximum atomic E-state index is 13.4. The smallest absolute Gasteiger partial charge is 0.264 e. The molecule has 1 aromatic heterocycles. The Morgan fingerprint density at radius 1 is 1.03 bits per heavy atom. The highest BCUT2D eigenvalue weighted by Gasteiger charge is 2.27. The van der Waals surface area contributed by atoms with Crippen LogP contribution < -0.4 is 9.62 Å². The Kier molecular flexibility index (Phi) is 8.50. The van der Waals surface area contributed by atoms with Crippen molar-refractivity contribution in [2.75, 3.05) is 21.9 Å². The number of carbonyl (C=O) groups is 1. The second kappa shape index (κ2) is 11.1. The number of rotatable bonds is 10. The molecule has 0 saturated heterocycles. The normalized spacial score (nSPS) is 11.7. The highest BCUT2D eigenvalue weighted by atomic mass is 32.2. The minimum Gasteiger partial charge on any atom is -0.299 e. The van der Waals surface area contributed by atoms with Gasteiger partial charge in [-0.2, -0.15) is 0 Å². The van der Waals surface area contributed by atoms with Crippen LogP contribution in [0.3, 0.4) is 0 Å². The Morgan fingerprint density at radius 3 is 2.30 bits per heavy atom. The summed E-state index contributed by atoms with van der Waals surface area (Å²) in [6, 6.07) is 15.3. The minimum absolute atomic E-state index is 0.119. The molecule has 1 heterocycles. The lowest BCUT2D eigenvalue weighted by molar-refractivity contribution is -0.114. The Hall–Kier alpha value is -2.43. The number of carbonyl (C=O) groups excluding carboxylic acids is 1. The molecule has 0 aliphatic heterocycles. The number of nitrogens with one attached hydrogen (secondary N) is 1. The molecule has 176 valence electrons. The molecule has 3 rings (SSSR count). The Bertz CT molecular complexity index is 1160. The summed E-state index contributed by atoms with van der Waals surface area (Å²) in [5, 5.41) is 11.1. The molecule has 2 aromatic carbocycles. The molecule has 33 heavy (non-hydrogen) atoms. The van der Waals surface area contributed by atoms with Gasteiger partial charge in [0, 0.05) is 5.75 Å². The van der Waals surface area contributed by atoms with Crippen molar-refractivity contribution in [3.05, 3.63) is 60.2 Å². The standard InChI is InChI=1S/C23H28N4O3S3/c1-16(2)15-31-23-26-25-22(32-23)24-21(28)14-27(19-12-10-18(11-13-19)17(3)4)33(29,30)20-8-6-5-7-9-20/h5-13,16-17H,14-15H2,1-4H3,(H,24,25,28). The van der Waals surface area contributed by atoms with E-state index in [2.05, 4.69) is 43.2 Å². The van der Waals surface area contributed by atoms with Crippen molar-refractivity contribution >= 4 is 49.8 Å². The van der Waals surface area contributed by atoms with Crippen LogP contribution in [0.5, 0.6) is 0 Å². The monoisotopic (exact) mass is 504 g/mol. The number of thioether (sulfide) groups is 1. The van der Waals surface area contributed by atoms with E-state index in [9.17, 15) is 13.2 Å². The largest absolute Gasteiger partial charge is 0.299 e. The number of benzene rings is 2. The van der Waals surface area contributed by atoms with Crippen LogP contribution in [0, 0.1) is 5.92 Å². The highest BCUT2D eigenvalue weighted by Crippen LogP contribution is 2.28. The van der Waals surface area contributed by atoms with Crippen LogP contribution in [0.25, 0.3) is 0 Å². The molecular weight excluding hydrogens is 476 g/mol. The summed E-state index contributed by atoms with van der Waals surface area (Å²) in [4.78, 5) is 13.0. The fourth-order valence-corrected chi connectivity index (χ4v) is 6.09. The number of hydrogen-bond acceptors (Lipinski definition) is 7. The van der Waals surface area contributed by atoms with Gasteiger partial charge in [-0.15, -0.1) is 10.2 Å². The van der Waals surface area contributed by atoms with Crippen molar-refractivity contribution < 1.29 is 13.2 Å². The SMILES string of the molecule is CC(C)CSc1nnc(NC(=O)CN(c2ccc(C(C)C)cc2)S(=O)(=O)c2ccccc2)s1. The van der Waals surface area contributed by atoms with Gasteiger partial charge in [-0.3, -0.25) is 14.4 Å². The van der Waals surface area contributed by atoms with E-state index in [-0.39, 0.29) is 11.4 Å². The van der Waals surface area contributed by atoms with Gasteiger partial charge in [-0.05, 0) is 41.7 Å². The van der Waals surface area contributed by atoms with E-state index in [4.69, 9.17) is 0 Å². The van der Waals surface area contributed by atoms with Gasteiger partial charge >= 0.3 is 0 Å². The Balaban J connectivity index is 1.83. The van der Waals surface area contributed by atoms with Gasteiger partial charge in [-0.25, -0.2) is 8.42 Å². The van der Waals surface area contributed by atoms with Gasteiger partial charge in [-0.1, -0.05) is 81.1 Å². The summed E-state index contributed by atoms with van der Waals surface area (Å²) >= 11 is 2.86. The Morgan fingerprint density at radius 2 is 1.70 bits per heavy atom. The van der Waals surface area contributed by atoms with Crippen molar-refractivity contribution in [3.63, 3.8) is 0 Å². The van der Waals surface area contributed by atoms with E-state index >= 15 is 0 Å². The molecule has 0 radical (unpaired) electrons. The zero-order chi connectivity index (χ0) is 24.0. The fraction of sp³-hybridized carbons (Fsp3) is 0.348. The average molecular weight is 505 g/mol. The molecular formula is C23H28N4O3S3. The van der Waals surface area contributed by atoms with Gasteiger partial charge in [0.15, 0.2) is 4.34 Å². The molecule has 0 fully saturated rings. The zero-order valence-electron chi connectivity index (χ0n) is 19.1. The van der Waals surface area contributed by atoms with E-state index in [0.717, 1.165) is 20.0 Å². The number of nitrogens with zero attached hydrogens (tertiary/aromatic N) is 3. The second-order valence-corrected chi connectivity index (χ2v) is 12.3. The van der Waals surface area contributed by atoms with Gasteiger partial charge in [0.1, 0.15) is 6.54 Å². The summed E-state index contributed by atoms with van der Waals surface area (Å²) in [6.45, 7) is 7.98. The third kappa shape index (κ3) is 6.78. The number of hydrogen-bond donors (Lipinski definition) is 1. The lowest BCUT2D eigenvalue weighted by Gasteiger charge is -2.24. The van der Waals surface area contributed by atoms with Gasteiger partial charge in [0.05, 0.1) is 10.6 Å². The molecule has 0 aliphatic carbocycles. The van der Waals surface area contributed by atoms with Crippen LogP contribution in [-0.4, -0.2) is 36.8 Å². The molecule has 1 N–H and O–H groups in total. The van der Waals surface area contributed by atoms with Gasteiger partial charge in [0.2, 0.25) is 11.0 Å². The van der Waals surface area contributed by atoms with Crippen molar-refractivity contribution in [2.24, 2.45) is 5.92 Å². The molecule has 0 spiro atoms. The maximum absolute atomic E-state index is 13.4. The van der Waals surface area contributed by atoms with Crippen molar-refractivity contribution in [1.29, 1.82) is 0 Å². The third-order valence-electron chi connectivity index (χ3n) is 4.66. The van der Waals surface area contributed by atoms with E-state index in [1.807, 2.05) is 12.1 Å². The topological polar surface area (TPSA) is 92.3 Å². The first-order valence-corrected chi connectivity index (χ1v) is 13.8. The molecule has 1 amide bonds. The van der Waals surface area contributed by atoms with Crippen LogP contribution in [0.4, 0.5) is 10.8 Å². The summed E-state index contributed by atoms with van der Waals surface area (Å²) in [5.74, 6) is 1.23. The van der Waals surface area contributed by atoms with E-state index in [1.54, 1.807) is 42.1 Å². The average Bonchev–Trinajstić information content (AvgIpc) is 3.24. The van der Waals surface area contributed by atoms with Gasteiger partial charge in [0.25, 0.3) is 10.0 Å². The Labute approximate surface area is 203 Å². The number of anilines is 2. The van der Waals surface area contributed by atoms with Crippen LogP contribution >= 0.6 is 23.1 Å². The van der Waals surface area contributed by atoms with Crippen molar-refractivity contribution in [1.82, 2.24) is 10.2 Å². The highest BCUT2D eigenvalue weighted by molar-refractivity contribution is 8.01. The molecule has 0 atom stereocenters. The van der Waals surface area contributed by atoms with Crippen molar-refractivity contribution in [2.45, 2.75) is 42.8 Å². The predicted molar refractivity (Wildman–Crippen MR) is 136 cm³/mol. The maximum Gasteiger partial charge on any atom is 0.264 e. The fourth-order valence-electron chi connectivity index (χ4n) is 2.91. The van der Waals surface area contributed by atoms with Crippen molar-refractivity contribution in [3.8, 4) is 0 Å². The lowest BCUT2D eigenvalue weighted by Crippen LogP contribution is -2.38. The summed E-state index contributed by atoms with van der Waals surface area (Å²) in [6.07, 6.45) is 0. The first-order valence-electron chi connectivity index (χ1n) is 10.6. The summed E-state index contributed by atoms with van der Waals surface area (Å²) in [5.41, 5.74) is 1.50. The van der Waals surface area contributed by atoms with Crippen LogP contribution in [0.1, 0.15) is 39.2 Å². The first-order chi connectivity index (χ1) is 15.7.